The number of carboxylic acid groups (broad SMARTS) is 1. The molecule has 4 aromatic rings. The van der Waals surface area contributed by atoms with Crippen molar-refractivity contribution in [1.29, 1.82) is 0 Å². The SMILES string of the molecule is Cc1cc(C)n(C)c(=O)c1-c1ccc(C[C@H](NC(=O)c2c(F)cc(N3CCOC[C@@H]3C(F)(F)F)cc2F)C(=O)O)n2ccnc12. The van der Waals surface area contributed by atoms with E-state index in [0.717, 1.165) is 10.6 Å². The topological polar surface area (TPSA) is 118 Å². The maximum atomic E-state index is 15.1. The van der Waals surface area contributed by atoms with Gasteiger partial charge < -0.3 is 29.0 Å². The number of rotatable bonds is 7. The highest BCUT2D eigenvalue weighted by Crippen LogP contribution is 2.33. The second-order valence-corrected chi connectivity index (χ2v) is 10.7. The van der Waals surface area contributed by atoms with Crippen LogP contribution in [0.2, 0.25) is 0 Å². The maximum Gasteiger partial charge on any atom is 0.411 e. The van der Waals surface area contributed by atoms with Crippen LogP contribution >= 0.6 is 0 Å². The fourth-order valence-electron chi connectivity index (χ4n) is 5.50. The number of carbonyl (C=O) groups is 2. The zero-order chi connectivity index (χ0) is 32.8. The van der Waals surface area contributed by atoms with E-state index in [4.69, 9.17) is 4.74 Å². The molecule has 1 fully saturated rings. The van der Waals surface area contributed by atoms with Gasteiger partial charge in [-0.1, -0.05) is 0 Å². The molecule has 0 aliphatic carbocycles. The predicted molar refractivity (Wildman–Crippen MR) is 152 cm³/mol. The zero-order valence-electron chi connectivity index (χ0n) is 24.3. The Morgan fingerprint density at radius 1 is 1.16 bits per heavy atom. The van der Waals surface area contributed by atoms with Crippen LogP contribution in [0, 0.1) is 25.5 Å². The average molecular weight is 634 g/mol. The Kier molecular flexibility index (Phi) is 8.40. The average Bonchev–Trinajstić information content (AvgIpc) is 3.46. The molecule has 4 heterocycles. The van der Waals surface area contributed by atoms with Crippen molar-refractivity contribution in [1.82, 2.24) is 19.3 Å². The molecule has 1 aromatic carbocycles. The summed E-state index contributed by atoms with van der Waals surface area (Å²) < 4.78 is 78.5. The first-order chi connectivity index (χ1) is 21.2. The van der Waals surface area contributed by atoms with Gasteiger partial charge in [0.1, 0.15) is 34.9 Å². The van der Waals surface area contributed by atoms with Crippen molar-refractivity contribution in [2.45, 2.75) is 38.5 Å². The monoisotopic (exact) mass is 633 g/mol. The molecule has 2 N–H and O–H groups in total. The Morgan fingerprint density at radius 3 is 2.49 bits per heavy atom. The molecular formula is C30H28F5N5O5. The summed E-state index contributed by atoms with van der Waals surface area (Å²) in [6, 6.07) is 2.39. The van der Waals surface area contributed by atoms with E-state index in [1.807, 2.05) is 6.07 Å². The molecule has 1 aliphatic heterocycles. The largest absolute Gasteiger partial charge is 0.480 e. The number of pyridine rings is 2. The minimum absolute atomic E-state index is 0.106. The lowest BCUT2D eigenvalue weighted by Gasteiger charge is -2.38. The summed E-state index contributed by atoms with van der Waals surface area (Å²) in [5.41, 5.74) is 1.23. The van der Waals surface area contributed by atoms with Crippen molar-refractivity contribution >= 4 is 23.2 Å². The van der Waals surface area contributed by atoms with Gasteiger partial charge in [0.25, 0.3) is 11.5 Å². The number of amides is 1. The second kappa shape index (κ2) is 12.0. The van der Waals surface area contributed by atoms with Gasteiger partial charge in [0, 0.05) is 55.0 Å². The number of aliphatic carboxylic acids is 1. The lowest BCUT2D eigenvalue weighted by atomic mass is 10.0. The number of aryl methyl sites for hydroxylation is 2. The first kappa shape index (κ1) is 31.6. The lowest BCUT2D eigenvalue weighted by molar-refractivity contribution is -0.167. The van der Waals surface area contributed by atoms with Gasteiger partial charge in [0.2, 0.25) is 0 Å². The van der Waals surface area contributed by atoms with Gasteiger partial charge >= 0.3 is 12.1 Å². The number of nitrogens with one attached hydrogen (secondary N) is 1. The lowest BCUT2D eigenvalue weighted by Crippen LogP contribution is -2.53. The van der Waals surface area contributed by atoms with Gasteiger partial charge in [0.15, 0.2) is 0 Å². The summed E-state index contributed by atoms with van der Waals surface area (Å²) in [6.07, 6.45) is -2.10. The molecule has 3 aromatic heterocycles. The number of fused-ring (bicyclic) bond motifs is 1. The van der Waals surface area contributed by atoms with Crippen LogP contribution in [0.15, 0.2) is 47.5 Å². The van der Waals surface area contributed by atoms with E-state index in [2.05, 4.69) is 10.3 Å². The molecule has 0 unspecified atom stereocenters. The Bertz CT molecular complexity index is 1850. The summed E-state index contributed by atoms with van der Waals surface area (Å²) in [6.45, 7) is 2.45. The number of alkyl halides is 3. The molecule has 1 saturated heterocycles. The van der Waals surface area contributed by atoms with Crippen LogP contribution in [0.4, 0.5) is 27.6 Å². The highest BCUT2D eigenvalue weighted by molar-refractivity contribution is 5.97. The van der Waals surface area contributed by atoms with E-state index < -0.39 is 59.6 Å². The van der Waals surface area contributed by atoms with Crippen LogP contribution in [0.3, 0.4) is 0 Å². The smallest absolute Gasteiger partial charge is 0.411 e. The molecule has 0 spiro atoms. The van der Waals surface area contributed by atoms with Crippen molar-refractivity contribution in [2.75, 3.05) is 24.7 Å². The Balaban J connectivity index is 1.43. The molecule has 45 heavy (non-hydrogen) atoms. The number of morpholine rings is 1. The molecule has 0 bridgehead atoms. The van der Waals surface area contributed by atoms with E-state index in [9.17, 15) is 32.7 Å². The fourth-order valence-corrected chi connectivity index (χ4v) is 5.50. The molecule has 1 aliphatic rings. The molecule has 1 amide bonds. The highest BCUT2D eigenvalue weighted by atomic mass is 19.4. The van der Waals surface area contributed by atoms with E-state index in [1.165, 1.54) is 10.8 Å². The highest BCUT2D eigenvalue weighted by Gasteiger charge is 2.46. The van der Waals surface area contributed by atoms with Crippen molar-refractivity contribution in [2.24, 2.45) is 7.05 Å². The van der Waals surface area contributed by atoms with Crippen LogP contribution in [0.1, 0.15) is 27.3 Å². The van der Waals surface area contributed by atoms with E-state index in [1.54, 1.807) is 43.6 Å². The number of anilines is 1. The number of hydrogen-bond acceptors (Lipinski definition) is 6. The maximum absolute atomic E-state index is 15.1. The molecule has 5 rings (SSSR count). The molecule has 0 saturated carbocycles. The number of nitrogens with zero attached hydrogens (tertiary/aromatic N) is 4. The van der Waals surface area contributed by atoms with E-state index in [-0.39, 0.29) is 25.1 Å². The number of carbonyl (C=O) groups excluding carboxylic acids is 1. The Morgan fingerprint density at radius 2 is 1.84 bits per heavy atom. The first-order valence-corrected chi connectivity index (χ1v) is 13.8. The third-order valence-electron chi connectivity index (χ3n) is 7.88. The minimum Gasteiger partial charge on any atom is -0.480 e. The summed E-state index contributed by atoms with van der Waals surface area (Å²) in [7, 11) is 1.64. The van der Waals surface area contributed by atoms with Crippen LogP contribution in [0.25, 0.3) is 16.8 Å². The van der Waals surface area contributed by atoms with Crippen molar-refractivity contribution in [3.8, 4) is 11.1 Å². The number of imidazole rings is 1. The number of carboxylic acids is 1. The van der Waals surface area contributed by atoms with Gasteiger partial charge in [-0.25, -0.2) is 18.6 Å². The van der Waals surface area contributed by atoms with Crippen molar-refractivity contribution < 1.29 is 41.4 Å². The molecule has 15 heteroatoms. The second-order valence-electron chi connectivity index (χ2n) is 10.7. The van der Waals surface area contributed by atoms with Gasteiger partial charge in [-0.2, -0.15) is 13.2 Å². The number of halogens is 5. The van der Waals surface area contributed by atoms with Crippen LogP contribution in [-0.4, -0.2) is 69.0 Å². The van der Waals surface area contributed by atoms with Crippen LogP contribution < -0.4 is 15.8 Å². The van der Waals surface area contributed by atoms with Gasteiger partial charge in [0.05, 0.1) is 18.8 Å². The van der Waals surface area contributed by atoms with E-state index in [0.29, 0.717) is 40.2 Å². The van der Waals surface area contributed by atoms with Gasteiger partial charge in [-0.3, -0.25) is 9.59 Å². The normalized spacial score (nSPS) is 16.2. The molecule has 10 nitrogen and oxygen atoms in total. The number of aromatic nitrogens is 3. The van der Waals surface area contributed by atoms with Gasteiger partial charge in [-0.15, -0.1) is 0 Å². The van der Waals surface area contributed by atoms with Crippen LogP contribution in [0.5, 0.6) is 0 Å². The van der Waals surface area contributed by atoms with Crippen LogP contribution in [-0.2, 0) is 23.0 Å². The van der Waals surface area contributed by atoms with Gasteiger partial charge in [-0.05, 0) is 49.7 Å². The summed E-state index contributed by atoms with van der Waals surface area (Å²) in [5, 5.41) is 12.0. The summed E-state index contributed by atoms with van der Waals surface area (Å²) >= 11 is 0. The van der Waals surface area contributed by atoms with E-state index >= 15 is 8.78 Å². The number of ether oxygens (including phenoxy) is 1. The van der Waals surface area contributed by atoms with Crippen molar-refractivity contribution in [3.63, 3.8) is 0 Å². The first-order valence-electron chi connectivity index (χ1n) is 13.8. The molecule has 2 atom stereocenters. The third kappa shape index (κ3) is 5.99. The zero-order valence-corrected chi connectivity index (χ0v) is 24.3. The summed E-state index contributed by atoms with van der Waals surface area (Å²) in [4.78, 5) is 43.3. The van der Waals surface area contributed by atoms with Crippen molar-refractivity contribution in [3.05, 3.63) is 87.2 Å². The summed E-state index contributed by atoms with van der Waals surface area (Å²) in [5.74, 6) is -5.84. The fraction of sp³-hybridized carbons (Fsp3) is 0.333. The number of hydrogen-bond donors (Lipinski definition) is 2. The predicted octanol–water partition coefficient (Wildman–Crippen LogP) is 3.79. The minimum atomic E-state index is -4.74. The molecule has 238 valence electrons. The third-order valence-corrected chi connectivity index (χ3v) is 7.88. The molecular weight excluding hydrogens is 605 g/mol. The standard InChI is InChI=1S/C30H28F5N5O5/c1-15-10-16(2)38(3)28(42)24(15)19-5-4-17(40-7-6-36-26(19)40)13-22(29(43)44)37-27(41)25-20(31)11-18(12-21(25)32)39-8-9-45-14-23(39)30(33,34)35/h4-7,10-12,22-23H,8-9,13-14H2,1-3H3,(H,37,41)(H,43,44)/t22-,23+/m0/s1. The Labute approximate surface area is 252 Å². The Hall–Kier alpha value is -4.79. The number of benzene rings is 1. The molecule has 0 radical (unpaired) electrons. The quantitative estimate of drug-likeness (QED) is 0.298.